The van der Waals surface area contributed by atoms with Crippen LogP contribution in [0.4, 0.5) is 11.6 Å². The van der Waals surface area contributed by atoms with Crippen molar-refractivity contribution in [1.29, 1.82) is 5.26 Å². The van der Waals surface area contributed by atoms with Crippen LogP contribution < -0.4 is 11.1 Å². The fourth-order valence-electron chi connectivity index (χ4n) is 2.00. The third kappa shape index (κ3) is 3.13. The predicted octanol–water partition coefficient (Wildman–Crippen LogP) is 3.00. The largest absolute Gasteiger partial charge is 0.382 e. The second-order valence-electron chi connectivity index (χ2n) is 4.83. The van der Waals surface area contributed by atoms with Crippen molar-refractivity contribution in [1.82, 2.24) is 9.97 Å². The molecule has 1 aromatic carbocycles. The van der Waals surface area contributed by atoms with Crippen LogP contribution >= 0.6 is 0 Å². The monoisotopic (exact) mass is 291 g/mol. The van der Waals surface area contributed by atoms with E-state index in [2.05, 4.69) is 28.4 Å². The molecule has 1 heterocycles. The van der Waals surface area contributed by atoms with Gasteiger partial charge in [-0.1, -0.05) is 43.5 Å². The molecule has 0 fully saturated rings. The van der Waals surface area contributed by atoms with Crippen molar-refractivity contribution in [3.63, 3.8) is 0 Å². The number of hydrogen-bond acceptors (Lipinski definition) is 5. The van der Waals surface area contributed by atoms with Gasteiger partial charge >= 0.3 is 0 Å². The Bertz CT molecular complexity index is 743. The van der Waals surface area contributed by atoms with Gasteiger partial charge in [0.25, 0.3) is 0 Å². The van der Waals surface area contributed by atoms with Crippen molar-refractivity contribution in [2.45, 2.75) is 13.0 Å². The van der Waals surface area contributed by atoms with E-state index in [9.17, 15) is 0 Å². The first kappa shape index (κ1) is 15.3. The molecule has 22 heavy (non-hydrogen) atoms. The van der Waals surface area contributed by atoms with E-state index in [1.165, 1.54) is 6.33 Å². The van der Waals surface area contributed by atoms with Crippen LogP contribution in [0.2, 0.25) is 0 Å². The van der Waals surface area contributed by atoms with Gasteiger partial charge in [-0.05, 0) is 23.6 Å². The van der Waals surface area contributed by atoms with Gasteiger partial charge in [-0.25, -0.2) is 9.97 Å². The summed E-state index contributed by atoms with van der Waals surface area (Å²) >= 11 is 0. The number of benzene rings is 1. The van der Waals surface area contributed by atoms with Crippen LogP contribution in [0.15, 0.2) is 55.4 Å². The smallest absolute Gasteiger partial charge is 0.150 e. The van der Waals surface area contributed by atoms with Crippen molar-refractivity contribution >= 4 is 17.2 Å². The topological polar surface area (TPSA) is 87.6 Å². The first-order valence-corrected chi connectivity index (χ1v) is 6.75. The lowest BCUT2D eigenvalue weighted by Gasteiger charge is -2.20. The van der Waals surface area contributed by atoms with Crippen LogP contribution in [0, 0.1) is 11.3 Å². The summed E-state index contributed by atoms with van der Waals surface area (Å²) in [6.45, 7) is 10.1. The summed E-state index contributed by atoms with van der Waals surface area (Å²) < 4.78 is 0. The highest BCUT2D eigenvalue weighted by Crippen LogP contribution is 2.25. The maximum absolute atomic E-state index is 9.15. The molecule has 1 atom stereocenters. The van der Waals surface area contributed by atoms with Crippen LogP contribution in [0.1, 0.15) is 18.1 Å². The summed E-state index contributed by atoms with van der Waals surface area (Å²) in [5.74, 6) is 0.546. The number of nitrogens with two attached hydrogens (primary N) is 1. The Hall–Kier alpha value is -3.13. The molecule has 110 valence electrons. The van der Waals surface area contributed by atoms with Gasteiger partial charge in [0.1, 0.15) is 29.6 Å². The second-order valence-corrected chi connectivity index (χ2v) is 4.83. The van der Waals surface area contributed by atoms with Crippen LogP contribution in [-0.4, -0.2) is 16.0 Å². The fourth-order valence-corrected chi connectivity index (χ4v) is 2.00. The molecule has 2 rings (SSSR count). The van der Waals surface area contributed by atoms with E-state index in [-0.39, 0.29) is 17.4 Å². The average molecular weight is 291 g/mol. The van der Waals surface area contributed by atoms with Crippen molar-refractivity contribution in [3.05, 3.63) is 66.5 Å². The van der Waals surface area contributed by atoms with E-state index in [0.29, 0.717) is 5.82 Å². The molecule has 1 aromatic heterocycles. The number of nitrogen functional groups attached to an aromatic ring is 1. The highest BCUT2D eigenvalue weighted by Gasteiger charge is 2.15. The standard InChI is InChI=1S/C17H17N5/c1-11(12(2)14-7-5-4-6-8-14)13(3)22-17-15(9-18)16(19)20-10-21-17/h4-8,10,13H,1-2H2,3H3,(H3,19,20,21,22). The van der Waals surface area contributed by atoms with Crippen molar-refractivity contribution in [3.8, 4) is 6.07 Å². The number of nitrogens with one attached hydrogen (secondary N) is 1. The van der Waals surface area contributed by atoms with E-state index < -0.39 is 0 Å². The molecular formula is C17H17N5. The lowest BCUT2D eigenvalue weighted by Crippen LogP contribution is -2.20. The number of aromatic nitrogens is 2. The lowest BCUT2D eigenvalue weighted by atomic mass is 9.96. The predicted molar refractivity (Wildman–Crippen MR) is 88.9 cm³/mol. The van der Waals surface area contributed by atoms with E-state index in [1.54, 1.807) is 0 Å². The van der Waals surface area contributed by atoms with Gasteiger partial charge in [-0.3, -0.25) is 0 Å². The Morgan fingerprint density at radius 2 is 1.95 bits per heavy atom. The highest BCUT2D eigenvalue weighted by molar-refractivity contribution is 5.78. The molecule has 0 aliphatic rings. The third-order valence-electron chi connectivity index (χ3n) is 3.37. The van der Waals surface area contributed by atoms with Crippen LogP contribution in [0.5, 0.6) is 0 Å². The maximum Gasteiger partial charge on any atom is 0.150 e. The maximum atomic E-state index is 9.15. The van der Waals surface area contributed by atoms with Gasteiger partial charge in [-0.15, -0.1) is 0 Å². The summed E-state index contributed by atoms with van der Waals surface area (Å²) in [6.07, 6.45) is 1.32. The molecule has 1 unspecified atom stereocenters. The van der Waals surface area contributed by atoms with E-state index in [4.69, 9.17) is 11.0 Å². The minimum Gasteiger partial charge on any atom is -0.382 e. The molecular weight excluding hydrogens is 274 g/mol. The summed E-state index contributed by atoms with van der Waals surface area (Å²) in [4.78, 5) is 7.88. The second kappa shape index (κ2) is 6.55. The molecule has 0 spiro atoms. The Kier molecular flexibility index (Phi) is 4.54. The molecule has 0 bridgehead atoms. The zero-order chi connectivity index (χ0) is 16.1. The first-order valence-electron chi connectivity index (χ1n) is 6.75. The van der Waals surface area contributed by atoms with Gasteiger partial charge < -0.3 is 11.1 Å². The fraction of sp³-hybridized carbons (Fsp3) is 0.118. The summed E-state index contributed by atoms with van der Waals surface area (Å²) in [7, 11) is 0. The Balaban J connectivity index is 2.18. The van der Waals surface area contributed by atoms with Crippen molar-refractivity contribution < 1.29 is 0 Å². The molecule has 0 aliphatic carbocycles. The van der Waals surface area contributed by atoms with Crippen LogP contribution in [0.25, 0.3) is 5.57 Å². The van der Waals surface area contributed by atoms with E-state index in [0.717, 1.165) is 16.7 Å². The van der Waals surface area contributed by atoms with Gasteiger partial charge in [-0.2, -0.15) is 5.26 Å². The Morgan fingerprint density at radius 1 is 1.27 bits per heavy atom. The molecule has 5 heteroatoms. The molecule has 0 saturated heterocycles. The quantitative estimate of drug-likeness (QED) is 0.827. The summed E-state index contributed by atoms with van der Waals surface area (Å²) in [5, 5.41) is 12.3. The van der Waals surface area contributed by atoms with E-state index in [1.807, 2.05) is 43.3 Å². The van der Waals surface area contributed by atoms with Gasteiger partial charge in [0.15, 0.2) is 0 Å². The zero-order valence-electron chi connectivity index (χ0n) is 12.4. The SMILES string of the molecule is C=C(C(=C)C(C)Nc1ncnc(N)c1C#N)c1ccccc1. The number of rotatable bonds is 5. The van der Waals surface area contributed by atoms with Crippen LogP contribution in [0.3, 0.4) is 0 Å². The third-order valence-corrected chi connectivity index (χ3v) is 3.37. The lowest BCUT2D eigenvalue weighted by molar-refractivity contribution is 0.942. The van der Waals surface area contributed by atoms with E-state index >= 15 is 0 Å². The van der Waals surface area contributed by atoms with Gasteiger partial charge in [0, 0.05) is 6.04 Å². The Labute approximate surface area is 129 Å². The minimum absolute atomic E-state index is 0.152. The molecule has 0 saturated carbocycles. The highest BCUT2D eigenvalue weighted by atomic mass is 15.1. The molecule has 5 nitrogen and oxygen atoms in total. The first-order chi connectivity index (χ1) is 10.5. The number of nitriles is 1. The molecule has 2 aromatic rings. The Morgan fingerprint density at radius 3 is 2.59 bits per heavy atom. The van der Waals surface area contributed by atoms with Crippen molar-refractivity contribution in [2.75, 3.05) is 11.1 Å². The molecule has 0 radical (unpaired) electrons. The summed E-state index contributed by atoms with van der Waals surface area (Å²) in [6, 6.07) is 11.6. The molecule has 0 amide bonds. The molecule has 3 N–H and O–H groups in total. The number of nitrogens with zero attached hydrogens (tertiary/aromatic N) is 3. The van der Waals surface area contributed by atoms with Gasteiger partial charge in [0.05, 0.1) is 0 Å². The zero-order valence-corrected chi connectivity index (χ0v) is 12.4. The summed E-state index contributed by atoms with van der Waals surface area (Å²) in [5.41, 5.74) is 8.56. The van der Waals surface area contributed by atoms with Crippen molar-refractivity contribution in [2.24, 2.45) is 0 Å². The number of hydrogen-bond donors (Lipinski definition) is 2. The average Bonchev–Trinajstić information content (AvgIpc) is 2.54. The van der Waals surface area contributed by atoms with Gasteiger partial charge in [0.2, 0.25) is 0 Å². The molecule has 0 aliphatic heterocycles. The number of anilines is 2. The van der Waals surface area contributed by atoms with Crippen LogP contribution in [-0.2, 0) is 0 Å². The normalized spacial score (nSPS) is 11.3. The minimum atomic E-state index is -0.158.